The minimum absolute atomic E-state index is 0.0400. The second kappa shape index (κ2) is 7.19. The number of imidazole rings is 1. The summed E-state index contributed by atoms with van der Waals surface area (Å²) in [5, 5.41) is 3.21. The van der Waals surface area contributed by atoms with E-state index < -0.39 is 17.7 Å². The molecular formula is C19H20F2N4O2. The highest BCUT2D eigenvalue weighted by Crippen LogP contribution is 2.26. The van der Waals surface area contributed by atoms with Gasteiger partial charge in [-0.2, -0.15) is 0 Å². The van der Waals surface area contributed by atoms with Crippen LogP contribution in [0, 0.1) is 17.6 Å². The van der Waals surface area contributed by atoms with E-state index in [1.54, 1.807) is 11.2 Å². The van der Waals surface area contributed by atoms with E-state index in [0.717, 1.165) is 29.9 Å². The van der Waals surface area contributed by atoms with Gasteiger partial charge < -0.3 is 15.2 Å². The molecule has 1 aromatic heterocycles. The highest BCUT2D eigenvalue weighted by Gasteiger charge is 2.35. The molecule has 1 atom stereocenters. The average Bonchev–Trinajstić information content (AvgIpc) is 3.18. The van der Waals surface area contributed by atoms with Crippen LogP contribution < -0.4 is 5.32 Å². The summed E-state index contributed by atoms with van der Waals surface area (Å²) in [5.74, 6) is -2.52. The number of fused-ring (bicyclic) bond motifs is 1. The number of nitrogens with one attached hydrogen (secondary N) is 2. The van der Waals surface area contributed by atoms with Crippen LogP contribution >= 0.6 is 0 Å². The number of piperidine rings is 1. The maximum atomic E-state index is 13.4. The zero-order valence-electron chi connectivity index (χ0n) is 14.7. The molecule has 0 spiro atoms. The Balaban J connectivity index is 1.40. The molecule has 6 nitrogen and oxygen atoms in total. The summed E-state index contributed by atoms with van der Waals surface area (Å²) in [5.41, 5.74) is 1.90. The molecule has 4 rings (SSSR count). The number of Topliss-reactive ketones (excluding diaryl/α,β-unsaturated/α-hetero) is 1. The summed E-state index contributed by atoms with van der Waals surface area (Å²) >= 11 is 0. The van der Waals surface area contributed by atoms with Crippen molar-refractivity contribution in [3.05, 3.63) is 53.1 Å². The van der Waals surface area contributed by atoms with Gasteiger partial charge in [-0.05, 0) is 31.0 Å². The molecule has 142 valence electrons. The maximum absolute atomic E-state index is 13.4. The van der Waals surface area contributed by atoms with Crippen LogP contribution in [-0.4, -0.2) is 46.2 Å². The van der Waals surface area contributed by atoms with Crippen molar-refractivity contribution in [2.24, 2.45) is 5.92 Å². The third-order valence-electron chi connectivity index (χ3n) is 5.38. The number of nitrogens with zero attached hydrogens (tertiary/aromatic N) is 2. The number of carbonyl (C=O) groups excluding carboxylic acids is 2. The molecule has 0 saturated carbocycles. The predicted octanol–water partition coefficient (Wildman–Crippen LogP) is 2.00. The normalized spacial score (nSPS) is 20.4. The zero-order valence-corrected chi connectivity index (χ0v) is 14.7. The van der Waals surface area contributed by atoms with E-state index in [9.17, 15) is 18.4 Å². The molecule has 2 aliphatic rings. The number of halogens is 2. The van der Waals surface area contributed by atoms with Crippen molar-refractivity contribution < 1.29 is 18.4 Å². The van der Waals surface area contributed by atoms with Gasteiger partial charge in [0.05, 0.1) is 12.0 Å². The Morgan fingerprint density at radius 1 is 1.15 bits per heavy atom. The Morgan fingerprint density at radius 2 is 1.93 bits per heavy atom. The largest absolute Gasteiger partial charge is 0.348 e. The van der Waals surface area contributed by atoms with E-state index in [-0.39, 0.29) is 23.2 Å². The zero-order chi connectivity index (χ0) is 19.0. The first-order valence-electron chi connectivity index (χ1n) is 9.08. The van der Waals surface area contributed by atoms with Gasteiger partial charge in [0.25, 0.3) is 0 Å². The molecule has 1 aromatic carbocycles. The summed E-state index contributed by atoms with van der Waals surface area (Å²) in [4.78, 5) is 34.5. The van der Waals surface area contributed by atoms with Crippen LogP contribution in [0.15, 0.2) is 24.5 Å². The van der Waals surface area contributed by atoms with Crippen molar-refractivity contribution in [2.75, 3.05) is 19.6 Å². The second-order valence-electron chi connectivity index (χ2n) is 7.00. The quantitative estimate of drug-likeness (QED) is 0.806. The molecule has 0 radical (unpaired) electrons. The first kappa shape index (κ1) is 17.8. The molecule has 27 heavy (non-hydrogen) atoms. The summed E-state index contributed by atoms with van der Waals surface area (Å²) in [6, 6.07) is 2.76. The van der Waals surface area contributed by atoms with E-state index >= 15 is 0 Å². The van der Waals surface area contributed by atoms with E-state index in [0.29, 0.717) is 32.5 Å². The molecule has 2 N–H and O–H groups in total. The van der Waals surface area contributed by atoms with Gasteiger partial charge in [0, 0.05) is 43.2 Å². The summed E-state index contributed by atoms with van der Waals surface area (Å²) in [6.45, 7) is 1.62. The lowest BCUT2D eigenvalue weighted by molar-refractivity contribution is -0.135. The first-order chi connectivity index (χ1) is 13.0. The number of rotatable bonds is 3. The molecule has 0 aliphatic carbocycles. The minimum atomic E-state index is -1.02. The predicted molar refractivity (Wildman–Crippen MR) is 93.0 cm³/mol. The van der Waals surface area contributed by atoms with Crippen molar-refractivity contribution in [1.82, 2.24) is 20.2 Å². The molecular weight excluding hydrogens is 354 g/mol. The van der Waals surface area contributed by atoms with E-state index in [4.69, 9.17) is 0 Å². The first-order valence-corrected chi connectivity index (χ1v) is 9.08. The third kappa shape index (κ3) is 3.37. The Kier molecular flexibility index (Phi) is 4.73. The monoisotopic (exact) mass is 374 g/mol. The van der Waals surface area contributed by atoms with Gasteiger partial charge in [-0.1, -0.05) is 0 Å². The van der Waals surface area contributed by atoms with Gasteiger partial charge in [0.2, 0.25) is 5.91 Å². The summed E-state index contributed by atoms with van der Waals surface area (Å²) in [6.07, 6.45) is 3.42. The fourth-order valence-corrected chi connectivity index (χ4v) is 3.85. The second-order valence-corrected chi connectivity index (χ2v) is 7.00. The smallest absolute Gasteiger partial charge is 0.246 e. The molecule has 2 aromatic rings. The minimum Gasteiger partial charge on any atom is -0.348 e. The number of likely N-dealkylation sites (tertiary alicyclic amines) is 1. The molecule has 3 heterocycles. The van der Waals surface area contributed by atoms with Crippen molar-refractivity contribution in [1.29, 1.82) is 0 Å². The van der Waals surface area contributed by atoms with Crippen molar-refractivity contribution in [3.63, 3.8) is 0 Å². The van der Waals surface area contributed by atoms with Crippen LogP contribution in [0.5, 0.6) is 0 Å². The Labute approximate surface area is 155 Å². The van der Waals surface area contributed by atoms with Gasteiger partial charge in [-0.25, -0.2) is 13.8 Å². The van der Waals surface area contributed by atoms with Crippen LogP contribution in [0.1, 0.15) is 40.6 Å². The number of aromatic nitrogens is 2. The number of carbonyl (C=O) groups is 2. The van der Waals surface area contributed by atoms with E-state index in [2.05, 4.69) is 15.3 Å². The number of amides is 1. The van der Waals surface area contributed by atoms with Crippen LogP contribution in [0.25, 0.3) is 0 Å². The van der Waals surface area contributed by atoms with Crippen LogP contribution in [0.2, 0.25) is 0 Å². The van der Waals surface area contributed by atoms with Crippen molar-refractivity contribution in [3.8, 4) is 0 Å². The number of ketones is 1. The average molecular weight is 374 g/mol. The van der Waals surface area contributed by atoms with Crippen LogP contribution in [-0.2, 0) is 11.2 Å². The fraction of sp³-hybridized carbons (Fsp3) is 0.421. The topological polar surface area (TPSA) is 78.1 Å². The lowest BCUT2D eigenvalue weighted by Crippen LogP contribution is -2.47. The van der Waals surface area contributed by atoms with Crippen molar-refractivity contribution in [2.45, 2.75) is 25.3 Å². The molecule has 1 saturated heterocycles. The van der Waals surface area contributed by atoms with Gasteiger partial charge in [0.15, 0.2) is 17.4 Å². The Bertz CT molecular complexity index is 874. The fourth-order valence-electron chi connectivity index (χ4n) is 3.85. The maximum Gasteiger partial charge on any atom is 0.246 e. The standard InChI is InChI=1S/C19H20F2N4O2/c20-13-2-1-12(9-14(13)21)18(26)11-4-7-25(8-5-11)19(27)17-16-15(3-6-22-17)23-10-24-16/h1-2,9-11,17,22H,3-8H2,(H,23,24). The lowest BCUT2D eigenvalue weighted by atomic mass is 9.88. The molecule has 8 heteroatoms. The van der Waals surface area contributed by atoms with E-state index in [1.807, 2.05) is 0 Å². The van der Waals surface area contributed by atoms with Crippen LogP contribution in [0.3, 0.4) is 0 Å². The van der Waals surface area contributed by atoms with E-state index in [1.165, 1.54) is 6.07 Å². The highest BCUT2D eigenvalue weighted by atomic mass is 19.2. The highest BCUT2D eigenvalue weighted by molar-refractivity contribution is 5.98. The van der Waals surface area contributed by atoms with Crippen molar-refractivity contribution >= 4 is 11.7 Å². The molecule has 1 fully saturated rings. The van der Waals surface area contributed by atoms with Crippen LogP contribution in [0.4, 0.5) is 8.78 Å². The Morgan fingerprint density at radius 3 is 2.67 bits per heavy atom. The molecule has 1 amide bonds. The van der Waals surface area contributed by atoms with Gasteiger partial charge in [-0.15, -0.1) is 0 Å². The summed E-state index contributed by atoms with van der Waals surface area (Å²) < 4.78 is 26.4. The van der Waals surface area contributed by atoms with Gasteiger partial charge >= 0.3 is 0 Å². The van der Waals surface area contributed by atoms with Gasteiger partial charge in [0.1, 0.15) is 6.04 Å². The SMILES string of the molecule is O=C(c1ccc(F)c(F)c1)C1CCN(C(=O)C2NCCc3[nH]cnc32)CC1. The molecule has 1 unspecified atom stereocenters. The number of hydrogen-bond donors (Lipinski definition) is 2. The molecule has 0 bridgehead atoms. The number of hydrogen-bond acceptors (Lipinski definition) is 4. The number of aromatic amines is 1. The lowest BCUT2D eigenvalue weighted by Gasteiger charge is -2.34. The van der Waals surface area contributed by atoms with Gasteiger partial charge in [-0.3, -0.25) is 9.59 Å². The molecule has 2 aliphatic heterocycles. The number of H-pyrrole nitrogens is 1. The number of benzene rings is 1. The third-order valence-corrected chi connectivity index (χ3v) is 5.38. The summed E-state index contributed by atoms with van der Waals surface area (Å²) in [7, 11) is 0. The Hall–Kier alpha value is -2.61.